The van der Waals surface area contributed by atoms with E-state index in [2.05, 4.69) is 0 Å². The van der Waals surface area contributed by atoms with Gasteiger partial charge in [0.15, 0.2) is 5.08 Å². The van der Waals surface area contributed by atoms with Crippen LogP contribution in [0.1, 0.15) is 0 Å². The van der Waals surface area contributed by atoms with E-state index in [0.717, 1.165) is 0 Å². The SMILES string of the molecule is O=S(=O)(F)CS(=O)(=O)C(F)(F)F. The fraction of sp³-hybridized carbons (Fsp3) is 1.00. The van der Waals surface area contributed by atoms with Gasteiger partial charge in [0, 0.05) is 0 Å². The Bertz CT molecular complexity index is 347. The molecule has 74 valence electrons. The maximum atomic E-state index is 11.5. The average Bonchev–Trinajstić information content (AvgIpc) is 1.52. The molecule has 0 aliphatic carbocycles. The van der Waals surface area contributed by atoms with E-state index in [1.54, 1.807) is 0 Å². The van der Waals surface area contributed by atoms with Crippen LogP contribution in [-0.4, -0.2) is 27.4 Å². The summed E-state index contributed by atoms with van der Waals surface area (Å²) in [6.45, 7) is 0. The van der Waals surface area contributed by atoms with Crippen LogP contribution in [0.15, 0.2) is 0 Å². The Morgan fingerprint density at radius 3 is 1.42 bits per heavy atom. The molecule has 0 aromatic carbocycles. The third kappa shape index (κ3) is 3.34. The highest BCUT2D eigenvalue weighted by Crippen LogP contribution is 2.24. The maximum absolute atomic E-state index is 11.5. The van der Waals surface area contributed by atoms with E-state index in [-0.39, 0.29) is 0 Å². The van der Waals surface area contributed by atoms with E-state index < -0.39 is 30.7 Å². The molecule has 0 unspecified atom stereocenters. The van der Waals surface area contributed by atoms with Gasteiger partial charge < -0.3 is 0 Å². The van der Waals surface area contributed by atoms with E-state index in [4.69, 9.17) is 0 Å². The molecule has 0 radical (unpaired) electrons. The molecule has 0 heterocycles. The van der Waals surface area contributed by atoms with Crippen LogP contribution in [0.4, 0.5) is 17.1 Å². The normalized spacial score (nSPS) is 14.7. The Balaban J connectivity index is 4.96. The molecule has 0 aliphatic rings. The molecule has 0 aliphatic heterocycles. The third-order valence-electron chi connectivity index (χ3n) is 0.649. The summed E-state index contributed by atoms with van der Waals surface area (Å²) in [5, 5.41) is -2.57. The largest absolute Gasteiger partial charge is 0.498 e. The second kappa shape index (κ2) is 2.83. The van der Waals surface area contributed by atoms with Gasteiger partial charge in [0.2, 0.25) is 0 Å². The lowest BCUT2D eigenvalue weighted by Gasteiger charge is -2.04. The summed E-state index contributed by atoms with van der Waals surface area (Å²) < 4.78 is 84.5. The molecule has 0 spiro atoms. The van der Waals surface area contributed by atoms with E-state index in [1.165, 1.54) is 0 Å². The fourth-order valence-electron chi connectivity index (χ4n) is 0.252. The first kappa shape index (κ1) is 11.6. The van der Waals surface area contributed by atoms with Crippen molar-refractivity contribution in [2.75, 3.05) is 5.08 Å². The van der Waals surface area contributed by atoms with E-state index in [0.29, 0.717) is 0 Å². The molecular formula is C2H2F4O4S2. The third-order valence-corrected chi connectivity index (χ3v) is 3.72. The van der Waals surface area contributed by atoms with Crippen molar-refractivity contribution < 1.29 is 33.9 Å². The van der Waals surface area contributed by atoms with Gasteiger partial charge in [0.05, 0.1) is 0 Å². The standard InChI is InChI=1S/C2H2F4O4S2/c3-2(4,5)11(7,8)1-12(6,9)10/h1H2. The van der Waals surface area contributed by atoms with Crippen LogP contribution in [0.3, 0.4) is 0 Å². The van der Waals surface area contributed by atoms with Crippen molar-refractivity contribution in [1.82, 2.24) is 0 Å². The Kier molecular flexibility index (Phi) is 2.74. The lowest BCUT2D eigenvalue weighted by Crippen LogP contribution is -2.28. The topological polar surface area (TPSA) is 68.3 Å². The maximum Gasteiger partial charge on any atom is 0.498 e. The van der Waals surface area contributed by atoms with Gasteiger partial charge in [-0.25, -0.2) is 8.42 Å². The zero-order valence-electron chi connectivity index (χ0n) is 5.17. The fourth-order valence-corrected chi connectivity index (χ4v) is 2.27. The Labute approximate surface area is 65.3 Å². The molecule has 0 rings (SSSR count). The molecular weight excluding hydrogens is 228 g/mol. The molecule has 0 aromatic rings. The van der Waals surface area contributed by atoms with Crippen molar-refractivity contribution in [2.45, 2.75) is 5.51 Å². The van der Waals surface area contributed by atoms with E-state index in [1.807, 2.05) is 0 Å². The van der Waals surface area contributed by atoms with Gasteiger partial charge >= 0.3 is 15.7 Å². The zero-order valence-corrected chi connectivity index (χ0v) is 6.80. The summed E-state index contributed by atoms with van der Waals surface area (Å²) in [6, 6.07) is 0. The second-order valence-electron chi connectivity index (χ2n) is 1.72. The molecule has 0 saturated heterocycles. The van der Waals surface area contributed by atoms with Crippen LogP contribution < -0.4 is 0 Å². The van der Waals surface area contributed by atoms with Crippen LogP contribution in [0.5, 0.6) is 0 Å². The van der Waals surface area contributed by atoms with E-state index in [9.17, 15) is 33.9 Å². The number of halogens is 4. The molecule has 0 saturated carbocycles. The lowest BCUT2D eigenvalue weighted by atomic mass is 11.6. The molecule has 0 N–H and O–H groups in total. The first-order valence-corrected chi connectivity index (χ1v) is 5.37. The molecule has 0 fully saturated rings. The minimum absolute atomic E-state index is 2.57. The van der Waals surface area contributed by atoms with Crippen molar-refractivity contribution in [3.63, 3.8) is 0 Å². The minimum atomic E-state index is -5.92. The van der Waals surface area contributed by atoms with Gasteiger partial charge in [-0.1, -0.05) is 0 Å². The first-order chi connectivity index (χ1) is 4.96. The van der Waals surface area contributed by atoms with Gasteiger partial charge in [-0.15, -0.1) is 3.89 Å². The average molecular weight is 230 g/mol. The number of alkyl halides is 3. The van der Waals surface area contributed by atoms with Gasteiger partial charge in [-0.2, -0.15) is 21.6 Å². The molecule has 12 heavy (non-hydrogen) atoms. The summed E-state index contributed by atoms with van der Waals surface area (Å²) in [5.41, 5.74) is -5.74. The molecule has 0 aromatic heterocycles. The first-order valence-electron chi connectivity index (χ1n) is 2.17. The van der Waals surface area contributed by atoms with Crippen LogP contribution in [-0.2, 0) is 20.1 Å². The molecule has 10 heteroatoms. The second-order valence-corrected chi connectivity index (χ2v) is 5.43. The molecule has 0 atom stereocenters. The van der Waals surface area contributed by atoms with Crippen LogP contribution in [0.25, 0.3) is 0 Å². The van der Waals surface area contributed by atoms with Crippen molar-refractivity contribution in [1.29, 1.82) is 0 Å². The lowest BCUT2D eigenvalue weighted by molar-refractivity contribution is -0.0431. The number of rotatable bonds is 2. The smallest absolute Gasteiger partial charge is 0.218 e. The number of hydrogen-bond donors (Lipinski definition) is 0. The minimum Gasteiger partial charge on any atom is -0.218 e. The van der Waals surface area contributed by atoms with Crippen LogP contribution >= 0.6 is 0 Å². The van der Waals surface area contributed by atoms with Crippen molar-refractivity contribution in [2.24, 2.45) is 0 Å². The summed E-state index contributed by atoms with van der Waals surface area (Å²) in [6.07, 6.45) is 0. The Morgan fingerprint density at radius 1 is 1.00 bits per heavy atom. The Morgan fingerprint density at radius 2 is 1.33 bits per heavy atom. The highest BCUT2D eigenvalue weighted by atomic mass is 32.3. The van der Waals surface area contributed by atoms with Gasteiger partial charge in [-0.05, 0) is 0 Å². The van der Waals surface area contributed by atoms with Crippen molar-refractivity contribution in [3.05, 3.63) is 0 Å². The van der Waals surface area contributed by atoms with Gasteiger partial charge in [0.1, 0.15) is 0 Å². The van der Waals surface area contributed by atoms with Crippen LogP contribution in [0, 0.1) is 0 Å². The van der Waals surface area contributed by atoms with Crippen LogP contribution in [0.2, 0.25) is 0 Å². The summed E-state index contributed by atoms with van der Waals surface area (Å²) in [7, 11) is -11.6. The predicted molar refractivity (Wildman–Crippen MR) is 29.9 cm³/mol. The van der Waals surface area contributed by atoms with Gasteiger partial charge in [-0.3, -0.25) is 0 Å². The predicted octanol–water partition coefficient (Wildman–Crippen LogP) is 0.178. The van der Waals surface area contributed by atoms with Crippen molar-refractivity contribution in [3.8, 4) is 0 Å². The zero-order chi connectivity index (χ0) is 10.2. The van der Waals surface area contributed by atoms with Crippen molar-refractivity contribution >= 4 is 20.1 Å². The number of hydrogen-bond acceptors (Lipinski definition) is 4. The summed E-state index contributed by atoms with van der Waals surface area (Å²) in [5.74, 6) is 0. The van der Waals surface area contributed by atoms with E-state index >= 15 is 0 Å². The monoisotopic (exact) mass is 230 g/mol. The summed E-state index contributed by atoms with van der Waals surface area (Å²) in [4.78, 5) is 0. The summed E-state index contributed by atoms with van der Waals surface area (Å²) >= 11 is 0. The Hall–Kier alpha value is -0.380. The van der Waals surface area contributed by atoms with Gasteiger partial charge in [0.25, 0.3) is 9.84 Å². The number of sulfone groups is 1. The molecule has 0 bridgehead atoms. The highest BCUT2D eigenvalue weighted by Gasteiger charge is 2.48. The molecule has 4 nitrogen and oxygen atoms in total. The highest BCUT2D eigenvalue weighted by molar-refractivity contribution is 8.06. The molecule has 0 amide bonds. The quantitative estimate of drug-likeness (QED) is 0.501.